The van der Waals surface area contributed by atoms with Gasteiger partial charge in [-0.1, -0.05) is 19.1 Å². The molecule has 0 atom stereocenters. The lowest BCUT2D eigenvalue weighted by Gasteiger charge is -2.11. The van der Waals surface area contributed by atoms with Gasteiger partial charge >= 0.3 is 0 Å². The minimum Gasteiger partial charge on any atom is -0.504 e. The fourth-order valence-electron chi connectivity index (χ4n) is 1.58. The summed E-state index contributed by atoms with van der Waals surface area (Å²) in [6, 6.07) is 4.63. The first-order valence-corrected chi connectivity index (χ1v) is 4.99. The van der Waals surface area contributed by atoms with Gasteiger partial charge in [-0.25, -0.2) is 0 Å². The van der Waals surface area contributed by atoms with Crippen LogP contribution >= 0.6 is 0 Å². The Morgan fingerprint density at radius 2 is 2.00 bits per heavy atom. The molecule has 0 saturated heterocycles. The number of carbonyl (C=O) groups is 1. The third kappa shape index (κ3) is 2.16. The smallest absolute Gasteiger partial charge is 0.244 e. The van der Waals surface area contributed by atoms with Crippen LogP contribution in [0.15, 0.2) is 23.8 Å². The highest BCUT2D eigenvalue weighted by Crippen LogP contribution is 2.35. The molecule has 0 fully saturated rings. The summed E-state index contributed by atoms with van der Waals surface area (Å²) < 4.78 is 0. The summed E-state index contributed by atoms with van der Waals surface area (Å²) in [6.07, 6.45) is 0.547. The first-order valence-electron chi connectivity index (χ1n) is 4.99. The van der Waals surface area contributed by atoms with Crippen LogP contribution in [0.5, 0.6) is 11.5 Å². The fraction of sp³-hybridized carbons (Fsp3) is 0.250. The summed E-state index contributed by atoms with van der Waals surface area (Å²) >= 11 is 0. The molecule has 4 nitrogen and oxygen atoms in total. The highest BCUT2D eigenvalue weighted by atomic mass is 16.3. The van der Waals surface area contributed by atoms with E-state index < -0.39 is 5.91 Å². The van der Waals surface area contributed by atoms with Crippen molar-refractivity contribution >= 4 is 11.5 Å². The van der Waals surface area contributed by atoms with Crippen LogP contribution in [0.3, 0.4) is 0 Å². The van der Waals surface area contributed by atoms with E-state index in [1.165, 1.54) is 6.07 Å². The number of primary amides is 1. The Labute approximate surface area is 94.0 Å². The summed E-state index contributed by atoms with van der Waals surface area (Å²) in [5.74, 6) is -0.958. The van der Waals surface area contributed by atoms with Crippen molar-refractivity contribution in [1.82, 2.24) is 0 Å². The monoisotopic (exact) mass is 221 g/mol. The highest BCUT2D eigenvalue weighted by Gasteiger charge is 2.13. The van der Waals surface area contributed by atoms with Gasteiger partial charge in [0.15, 0.2) is 11.5 Å². The maximum absolute atomic E-state index is 11.1. The Morgan fingerprint density at radius 1 is 1.38 bits per heavy atom. The number of para-hydroxylation sites is 1. The van der Waals surface area contributed by atoms with Crippen LogP contribution in [0.4, 0.5) is 0 Å². The van der Waals surface area contributed by atoms with Crippen molar-refractivity contribution in [3.05, 3.63) is 29.3 Å². The van der Waals surface area contributed by atoms with Crippen LogP contribution in [0.2, 0.25) is 0 Å². The van der Waals surface area contributed by atoms with E-state index in [0.29, 0.717) is 23.1 Å². The first-order chi connectivity index (χ1) is 7.49. The Morgan fingerprint density at radius 3 is 2.50 bits per heavy atom. The zero-order valence-electron chi connectivity index (χ0n) is 9.32. The minimum atomic E-state index is -0.528. The van der Waals surface area contributed by atoms with Crippen molar-refractivity contribution in [3.8, 4) is 11.5 Å². The molecule has 1 rings (SSSR count). The Hall–Kier alpha value is -1.97. The number of benzene rings is 1. The van der Waals surface area contributed by atoms with Crippen LogP contribution in [-0.2, 0) is 4.79 Å². The molecule has 16 heavy (non-hydrogen) atoms. The number of amides is 1. The average Bonchev–Trinajstić information content (AvgIpc) is 2.24. The number of allylic oxidation sites excluding steroid dienone is 1. The SMILES string of the molecule is CC/C(=C(/C)C(N)=O)c1cccc(O)c1O. The third-order valence-electron chi connectivity index (χ3n) is 2.52. The van der Waals surface area contributed by atoms with E-state index in [0.717, 1.165) is 0 Å². The number of hydrogen-bond acceptors (Lipinski definition) is 3. The van der Waals surface area contributed by atoms with E-state index in [9.17, 15) is 15.0 Å². The largest absolute Gasteiger partial charge is 0.504 e. The Bertz CT molecular complexity index is 450. The van der Waals surface area contributed by atoms with E-state index in [1.807, 2.05) is 6.92 Å². The molecule has 86 valence electrons. The van der Waals surface area contributed by atoms with Crippen molar-refractivity contribution in [3.63, 3.8) is 0 Å². The van der Waals surface area contributed by atoms with E-state index in [1.54, 1.807) is 19.1 Å². The van der Waals surface area contributed by atoms with Gasteiger partial charge in [-0.15, -0.1) is 0 Å². The van der Waals surface area contributed by atoms with E-state index >= 15 is 0 Å². The van der Waals surface area contributed by atoms with Gasteiger partial charge in [0.05, 0.1) is 0 Å². The van der Waals surface area contributed by atoms with Gasteiger partial charge in [-0.2, -0.15) is 0 Å². The summed E-state index contributed by atoms with van der Waals surface area (Å²) in [6.45, 7) is 3.45. The van der Waals surface area contributed by atoms with E-state index in [-0.39, 0.29) is 11.5 Å². The number of phenols is 2. The predicted molar refractivity (Wildman–Crippen MR) is 61.9 cm³/mol. The Kier molecular flexibility index (Phi) is 3.55. The summed E-state index contributed by atoms with van der Waals surface area (Å²) in [5.41, 5.74) is 6.67. The Balaban J connectivity index is 3.41. The lowest BCUT2D eigenvalue weighted by atomic mass is 9.97. The molecule has 0 spiro atoms. The van der Waals surface area contributed by atoms with Gasteiger partial charge < -0.3 is 15.9 Å². The number of aromatic hydroxyl groups is 2. The second-order valence-electron chi connectivity index (χ2n) is 3.49. The van der Waals surface area contributed by atoms with Gasteiger partial charge in [-0.3, -0.25) is 4.79 Å². The minimum absolute atomic E-state index is 0.208. The maximum Gasteiger partial charge on any atom is 0.244 e. The van der Waals surface area contributed by atoms with Gasteiger partial charge in [0.25, 0.3) is 0 Å². The number of nitrogens with two attached hydrogens (primary N) is 1. The van der Waals surface area contributed by atoms with E-state index in [2.05, 4.69) is 0 Å². The van der Waals surface area contributed by atoms with Crippen LogP contribution in [-0.4, -0.2) is 16.1 Å². The van der Waals surface area contributed by atoms with Crippen LogP contribution in [0, 0.1) is 0 Å². The standard InChI is InChI=1S/C12H15NO3/c1-3-8(7(2)12(13)16)9-5-4-6-10(14)11(9)15/h4-6,14-15H,3H2,1-2H3,(H2,13,16)/b8-7+. The molecular weight excluding hydrogens is 206 g/mol. The maximum atomic E-state index is 11.1. The second-order valence-corrected chi connectivity index (χ2v) is 3.49. The molecule has 1 amide bonds. The first kappa shape index (κ1) is 12.1. The molecule has 1 aromatic carbocycles. The lowest BCUT2D eigenvalue weighted by molar-refractivity contribution is -0.114. The third-order valence-corrected chi connectivity index (χ3v) is 2.52. The number of carbonyl (C=O) groups excluding carboxylic acids is 1. The van der Waals surface area contributed by atoms with Crippen LogP contribution < -0.4 is 5.73 Å². The molecule has 0 aliphatic carbocycles. The quantitative estimate of drug-likeness (QED) is 0.537. The molecule has 4 N–H and O–H groups in total. The molecule has 0 heterocycles. The summed E-state index contributed by atoms with van der Waals surface area (Å²) in [4.78, 5) is 11.1. The fourth-order valence-corrected chi connectivity index (χ4v) is 1.58. The van der Waals surface area contributed by atoms with Crippen molar-refractivity contribution in [2.45, 2.75) is 20.3 Å². The zero-order valence-corrected chi connectivity index (χ0v) is 9.32. The lowest BCUT2D eigenvalue weighted by Crippen LogP contribution is -2.13. The van der Waals surface area contributed by atoms with Crippen LogP contribution in [0.1, 0.15) is 25.8 Å². The average molecular weight is 221 g/mol. The number of hydrogen-bond donors (Lipinski definition) is 3. The molecule has 0 saturated carbocycles. The van der Waals surface area contributed by atoms with Crippen molar-refractivity contribution in [1.29, 1.82) is 0 Å². The molecule has 4 heteroatoms. The topological polar surface area (TPSA) is 83.6 Å². The summed E-state index contributed by atoms with van der Waals surface area (Å²) in [7, 11) is 0. The zero-order chi connectivity index (χ0) is 12.3. The molecule has 1 aromatic rings. The van der Waals surface area contributed by atoms with Crippen molar-refractivity contribution in [2.75, 3.05) is 0 Å². The second kappa shape index (κ2) is 4.70. The van der Waals surface area contributed by atoms with Gasteiger partial charge in [0, 0.05) is 11.1 Å². The molecule has 0 bridgehead atoms. The number of phenolic OH excluding ortho intramolecular Hbond substituents is 2. The molecule has 0 aliphatic rings. The molecule has 0 unspecified atom stereocenters. The highest BCUT2D eigenvalue weighted by molar-refractivity contribution is 6.00. The molecular formula is C12H15NO3. The van der Waals surface area contributed by atoms with Gasteiger partial charge in [-0.05, 0) is 25.0 Å². The van der Waals surface area contributed by atoms with Crippen molar-refractivity contribution < 1.29 is 15.0 Å². The van der Waals surface area contributed by atoms with Crippen molar-refractivity contribution in [2.24, 2.45) is 5.73 Å². The molecule has 0 radical (unpaired) electrons. The normalized spacial score (nSPS) is 12.1. The predicted octanol–water partition coefficient (Wildman–Crippen LogP) is 1.77. The van der Waals surface area contributed by atoms with Crippen LogP contribution in [0.25, 0.3) is 5.57 Å². The van der Waals surface area contributed by atoms with Gasteiger partial charge in [0.2, 0.25) is 5.91 Å². The van der Waals surface area contributed by atoms with Gasteiger partial charge in [0.1, 0.15) is 0 Å². The molecule has 0 aromatic heterocycles. The summed E-state index contributed by atoms with van der Waals surface area (Å²) in [5, 5.41) is 19.1. The number of rotatable bonds is 3. The molecule has 0 aliphatic heterocycles. The van der Waals surface area contributed by atoms with E-state index in [4.69, 9.17) is 5.73 Å².